The van der Waals surface area contributed by atoms with Crippen LogP contribution in [0.4, 0.5) is 0 Å². The number of benzene rings is 2. The third kappa shape index (κ3) is 3.89. The Hall–Kier alpha value is -0.730. The maximum absolute atomic E-state index is 3.75. The van der Waals surface area contributed by atoms with E-state index >= 15 is 0 Å². The zero-order valence-corrected chi connectivity index (χ0v) is 14.3. The normalized spacial score (nSPS) is 13.9. The van der Waals surface area contributed by atoms with Gasteiger partial charge in [-0.15, -0.1) is 11.8 Å². The van der Waals surface area contributed by atoms with Gasteiger partial charge in [0, 0.05) is 15.6 Å². The van der Waals surface area contributed by atoms with E-state index in [9.17, 15) is 0 Å². The van der Waals surface area contributed by atoms with Gasteiger partial charge in [-0.25, -0.2) is 0 Å². The molecule has 1 unspecified atom stereocenters. The fourth-order valence-corrected chi connectivity index (χ4v) is 4.52. The monoisotopic (exact) mass is 348 g/mol. The van der Waals surface area contributed by atoms with E-state index in [0.717, 1.165) is 17.5 Å². The van der Waals surface area contributed by atoms with Gasteiger partial charge in [0.15, 0.2) is 0 Å². The van der Waals surface area contributed by atoms with Crippen molar-refractivity contribution in [2.75, 3.05) is 11.1 Å². The van der Waals surface area contributed by atoms with Gasteiger partial charge in [-0.1, -0.05) is 71.4 Å². The number of hydrogen-bond acceptors (Lipinski definition) is 1. The summed E-state index contributed by atoms with van der Waals surface area (Å²) in [6.07, 6.45) is 2.36. The Kier molecular flexibility index (Phi) is 6.18. The molecule has 2 rings (SSSR count). The summed E-state index contributed by atoms with van der Waals surface area (Å²) in [6, 6.07) is 21.6. The first-order chi connectivity index (χ1) is 9.80. The van der Waals surface area contributed by atoms with E-state index in [2.05, 4.69) is 83.5 Å². The van der Waals surface area contributed by atoms with E-state index in [0.29, 0.717) is 0 Å². The predicted molar refractivity (Wildman–Crippen MR) is 94.0 cm³/mol. The Morgan fingerprint density at radius 3 is 2.10 bits per heavy atom. The quantitative estimate of drug-likeness (QED) is 0.442. The summed E-state index contributed by atoms with van der Waals surface area (Å²) in [5.41, 5.74) is 1.70. The van der Waals surface area contributed by atoms with Gasteiger partial charge in [0.2, 0.25) is 0 Å². The second-order valence-corrected chi connectivity index (χ2v) is 6.77. The van der Waals surface area contributed by atoms with E-state index in [1.165, 1.54) is 16.9 Å². The van der Waals surface area contributed by atoms with Crippen LogP contribution < -0.4 is 0 Å². The largest absolute Gasteiger partial charge is 0.126 e. The Balaban J connectivity index is 2.03. The Morgan fingerprint density at radius 2 is 1.55 bits per heavy atom. The van der Waals surface area contributed by atoms with Crippen LogP contribution in [0.1, 0.15) is 25.3 Å². The van der Waals surface area contributed by atoms with Gasteiger partial charge in [-0.05, 0) is 36.3 Å². The standard InChI is InChI=1S/C18H21BrS/c1-2-18(15-19,16-9-5-3-6-10-16)13-14-20-17-11-7-4-8-12-17/h3-12H,2,13-15H2,1H3. The van der Waals surface area contributed by atoms with Crippen molar-refractivity contribution in [2.45, 2.75) is 30.1 Å². The first kappa shape index (κ1) is 15.7. The van der Waals surface area contributed by atoms with E-state index in [-0.39, 0.29) is 5.41 Å². The molecule has 0 aliphatic carbocycles. The summed E-state index contributed by atoms with van der Waals surface area (Å²) in [5, 5.41) is 1.02. The van der Waals surface area contributed by atoms with Crippen LogP contribution in [0.5, 0.6) is 0 Å². The maximum atomic E-state index is 3.75. The molecule has 106 valence electrons. The summed E-state index contributed by atoms with van der Waals surface area (Å²) < 4.78 is 0. The van der Waals surface area contributed by atoms with Gasteiger partial charge in [0.1, 0.15) is 0 Å². The van der Waals surface area contributed by atoms with Crippen molar-refractivity contribution in [3.8, 4) is 0 Å². The van der Waals surface area contributed by atoms with Crippen LogP contribution in [-0.2, 0) is 5.41 Å². The Bertz CT molecular complexity index is 491. The number of rotatable bonds is 7. The molecule has 2 aromatic rings. The highest BCUT2D eigenvalue weighted by Crippen LogP contribution is 2.35. The summed E-state index contributed by atoms with van der Waals surface area (Å²) in [4.78, 5) is 1.36. The van der Waals surface area contributed by atoms with Crippen molar-refractivity contribution >= 4 is 27.7 Å². The summed E-state index contributed by atoms with van der Waals surface area (Å²) in [7, 11) is 0. The summed E-state index contributed by atoms with van der Waals surface area (Å²) in [6.45, 7) is 2.29. The van der Waals surface area contributed by atoms with E-state index in [1.54, 1.807) is 0 Å². The van der Waals surface area contributed by atoms with E-state index < -0.39 is 0 Å². The molecule has 0 amide bonds. The van der Waals surface area contributed by atoms with Crippen molar-refractivity contribution < 1.29 is 0 Å². The van der Waals surface area contributed by atoms with Gasteiger partial charge in [-0.2, -0.15) is 0 Å². The van der Waals surface area contributed by atoms with Crippen molar-refractivity contribution in [2.24, 2.45) is 0 Å². The van der Waals surface area contributed by atoms with Crippen LogP contribution in [0, 0.1) is 0 Å². The highest BCUT2D eigenvalue weighted by atomic mass is 79.9. The third-order valence-corrected chi connectivity index (χ3v) is 6.00. The highest BCUT2D eigenvalue weighted by Gasteiger charge is 2.28. The minimum atomic E-state index is 0.253. The second-order valence-electron chi connectivity index (χ2n) is 5.05. The molecule has 2 heteroatoms. The molecule has 0 bridgehead atoms. The van der Waals surface area contributed by atoms with Crippen LogP contribution in [0.25, 0.3) is 0 Å². The van der Waals surface area contributed by atoms with Crippen LogP contribution in [0.3, 0.4) is 0 Å². The Morgan fingerprint density at radius 1 is 0.950 bits per heavy atom. The molecule has 0 nitrogen and oxygen atoms in total. The molecule has 0 fully saturated rings. The van der Waals surface area contributed by atoms with Gasteiger partial charge < -0.3 is 0 Å². The van der Waals surface area contributed by atoms with Crippen molar-refractivity contribution in [3.05, 3.63) is 66.2 Å². The molecule has 0 radical (unpaired) electrons. The smallest absolute Gasteiger partial charge is 0.0129 e. The van der Waals surface area contributed by atoms with Gasteiger partial charge in [0.25, 0.3) is 0 Å². The minimum Gasteiger partial charge on any atom is -0.126 e. The van der Waals surface area contributed by atoms with Gasteiger partial charge in [-0.3, -0.25) is 0 Å². The molecule has 0 aromatic heterocycles. The lowest BCUT2D eigenvalue weighted by Gasteiger charge is -2.31. The molecule has 0 aliphatic heterocycles. The molecule has 0 saturated heterocycles. The lowest BCUT2D eigenvalue weighted by Crippen LogP contribution is -2.28. The fraction of sp³-hybridized carbons (Fsp3) is 0.333. The van der Waals surface area contributed by atoms with Crippen molar-refractivity contribution in [1.29, 1.82) is 0 Å². The predicted octanol–water partition coefficient (Wildman–Crippen LogP) is 5.91. The Labute approximate surface area is 135 Å². The van der Waals surface area contributed by atoms with Crippen LogP contribution in [-0.4, -0.2) is 11.1 Å². The maximum Gasteiger partial charge on any atom is 0.0129 e. The SMILES string of the molecule is CCC(CBr)(CCSc1ccccc1)c1ccccc1. The first-order valence-electron chi connectivity index (χ1n) is 7.10. The molecule has 20 heavy (non-hydrogen) atoms. The van der Waals surface area contributed by atoms with Gasteiger partial charge in [0.05, 0.1) is 0 Å². The molecule has 0 saturated carbocycles. The number of hydrogen-bond donors (Lipinski definition) is 0. The highest BCUT2D eigenvalue weighted by molar-refractivity contribution is 9.09. The summed E-state index contributed by atoms with van der Waals surface area (Å²) >= 11 is 5.70. The van der Waals surface area contributed by atoms with E-state index in [1.807, 2.05) is 11.8 Å². The lowest BCUT2D eigenvalue weighted by atomic mass is 9.78. The fourth-order valence-electron chi connectivity index (χ4n) is 2.44. The molecule has 0 heterocycles. The first-order valence-corrected chi connectivity index (χ1v) is 9.21. The van der Waals surface area contributed by atoms with Crippen LogP contribution in [0.2, 0.25) is 0 Å². The molecule has 0 spiro atoms. The number of alkyl halides is 1. The minimum absolute atomic E-state index is 0.253. The number of halogens is 1. The lowest BCUT2D eigenvalue weighted by molar-refractivity contribution is 0.455. The number of thioether (sulfide) groups is 1. The second kappa shape index (κ2) is 7.90. The molecule has 2 aromatic carbocycles. The molecular weight excluding hydrogens is 328 g/mol. The topological polar surface area (TPSA) is 0 Å². The van der Waals surface area contributed by atoms with E-state index in [4.69, 9.17) is 0 Å². The average molecular weight is 349 g/mol. The molecule has 0 N–H and O–H groups in total. The molecule has 0 aliphatic rings. The average Bonchev–Trinajstić information content (AvgIpc) is 2.54. The molecular formula is C18H21BrS. The van der Waals surface area contributed by atoms with Crippen molar-refractivity contribution in [3.63, 3.8) is 0 Å². The van der Waals surface area contributed by atoms with Gasteiger partial charge >= 0.3 is 0 Å². The van der Waals surface area contributed by atoms with Crippen LogP contribution in [0.15, 0.2) is 65.6 Å². The van der Waals surface area contributed by atoms with Crippen molar-refractivity contribution in [1.82, 2.24) is 0 Å². The molecule has 1 atom stereocenters. The third-order valence-electron chi connectivity index (χ3n) is 3.91. The summed E-state index contributed by atoms with van der Waals surface area (Å²) in [5.74, 6) is 1.15. The zero-order valence-electron chi connectivity index (χ0n) is 11.9. The van der Waals surface area contributed by atoms with Crippen LogP contribution >= 0.6 is 27.7 Å². The zero-order chi connectivity index (χ0) is 14.3.